The summed E-state index contributed by atoms with van der Waals surface area (Å²) in [6.07, 6.45) is 1.48. The van der Waals surface area contributed by atoms with Gasteiger partial charge in [0.25, 0.3) is 5.56 Å². The first-order valence-corrected chi connectivity index (χ1v) is 8.81. The van der Waals surface area contributed by atoms with Gasteiger partial charge >= 0.3 is 5.97 Å². The summed E-state index contributed by atoms with van der Waals surface area (Å²) in [7, 11) is 0. The molecular formula is C15H15BrN2O3S. The molecule has 1 atom stereocenters. The van der Waals surface area contributed by atoms with Gasteiger partial charge in [-0.3, -0.25) is 14.2 Å². The molecule has 1 aliphatic heterocycles. The van der Waals surface area contributed by atoms with Crippen LogP contribution in [-0.4, -0.2) is 27.4 Å². The highest BCUT2D eigenvalue weighted by molar-refractivity contribution is 9.10. The molecule has 3 rings (SSSR count). The number of ether oxygens (including phenoxy) is 1. The van der Waals surface area contributed by atoms with Gasteiger partial charge in [-0.25, -0.2) is 4.98 Å². The van der Waals surface area contributed by atoms with Crippen LogP contribution in [0.25, 0.3) is 10.9 Å². The average molecular weight is 383 g/mol. The van der Waals surface area contributed by atoms with Crippen LogP contribution < -0.4 is 5.56 Å². The van der Waals surface area contributed by atoms with E-state index in [1.165, 1.54) is 11.8 Å². The maximum absolute atomic E-state index is 12.7. The molecule has 0 bridgehead atoms. The molecule has 1 saturated heterocycles. The highest BCUT2D eigenvalue weighted by Gasteiger charge is 2.29. The number of thioether (sulfide) groups is 1. The SMILES string of the molecule is CCCn1c(S[C@@H]2CCOC2=O)nc2ccc(Br)cc2c1=O. The molecule has 0 spiro atoms. The Morgan fingerprint density at radius 1 is 1.45 bits per heavy atom. The van der Waals surface area contributed by atoms with Gasteiger partial charge in [0.15, 0.2) is 5.16 Å². The number of aromatic nitrogens is 2. The van der Waals surface area contributed by atoms with Gasteiger partial charge in [0.2, 0.25) is 0 Å². The van der Waals surface area contributed by atoms with Crippen molar-refractivity contribution in [1.29, 1.82) is 0 Å². The van der Waals surface area contributed by atoms with Crippen LogP contribution in [0.3, 0.4) is 0 Å². The van der Waals surface area contributed by atoms with Crippen LogP contribution in [-0.2, 0) is 16.1 Å². The molecule has 1 aromatic heterocycles. The standard InChI is InChI=1S/C15H15BrN2O3S/c1-2-6-18-13(19)10-8-9(16)3-4-11(10)17-15(18)22-12-5-7-21-14(12)20/h3-4,8,12H,2,5-7H2,1H3/t12-/m1/s1. The summed E-state index contributed by atoms with van der Waals surface area (Å²) in [6, 6.07) is 5.46. The molecule has 0 unspecified atom stereocenters. The third kappa shape index (κ3) is 2.92. The first kappa shape index (κ1) is 15.6. The molecule has 2 aromatic rings. The number of nitrogens with zero attached hydrogens (tertiary/aromatic N) is 2. The smallest absolute Gasteiger partial charge is 0.319 e. The number of esters is 1. The zero-order valence-corrected chi connectivity index (χ0v) is 14.4. The first-order chi connectivity index (χ1) is 10.6. The van der Waals surface area contributed by atoms with E-state index in [1.54, 1.807) is 10.6 Å². The molecular weight excluding hydrogens is 368 g/mol. The summed E-state index contributed by atoms with van der Waals surface area (Å²) in [6.45, 7) is 3.03. The maximum Gasteiger partial charge on any atom is 0.319 e. The molecule has 2 heterocycles. The van der Waals surface area contributed by atoms with Gasteiger partial charge in [0.1, 0.15) is 5.25 Å². The van der Waals surface area contributed by atoms with Crippen molar-refractivity contribution < 1.29 is 9.53 Å². The summed E-state index contributed by atoms with van der Waals surface area (Å²) in [4.78, 5) is 29.0. The molecule has 22 heavy (non-hydrogen) atoms. The Hall–Kier alpha value is -1.34. The number of halogens is 1. The van der Waals surface area contributed by atoms with Crippen LogP contribution in [0, 0.1) is 0 Å². The predicted octanol–water partition coefficient (Wildman–Crippen LogP) is 2.98. The van der Waals surface area contributed by atoms with E-state index in [4.69, 9.17) is 4.74 Å². The van der Waals surface area contributed by atoms with Gasteiger partial charge in [-0.05, 0) is 24.6 Å². The summed E-state index contributed by atoms with van der Waals surface area (Å²) in [5.41, 5.74) is 0.580. The van der Waals surface area contributed by atoms with Crippen molar-refractivity contribution in [3.8, 4) is 0 Å². The fourth-order valence-corrected chi connectivity index (χ4v) is 3.84. The van der Waals surface area contributed by atoms with E-state index in [0.717, 1.165) is 10.9 Å². The Labute approximate surface area is 140 Å². The number of hydrogen-bond acceptors (Lipinski definition) is 5. The Morgan fingerprint density at radius 3 is 2.95 bits per heavy atom. The highest BCUT2D eigenvalue weighted by atomic mass is 79.9. The second kappa shape index (κ2) is 6.42. The van der Waals surface area contributed by atoms with Crippen LogP contribution in [0.15, 0.2) is 32.6 Å². The predicted molar refractivity (Wildman–Crippen MR) is 89.2 cm³/mol. The summed E-state index contributed by atoms with van der Waals surface area (Å²) >= 11 is 4.71. The monoisotopic (exact) mass is 382 g/mol. The third-order valence-corrected chi connectivity index (χ3v) is 5.19. The number of fused-ring (bicyclic) bond motifs is 1. The van der Waals surface area contributed by atoms with Crippen molar-refractivity contribution in [2.45, 2.75) is 36.7 Å². The minimum atomic E-state index is -0.275. The number of rotatable bonds is 4. The van der Waals surface area contributed by atoms with Crippen molar-refractivity contribution in [2.24, 2.45) is 0 Å². The second-order valence-electron chi connectivity index (χ2n) is 5.08. The molecule has 1 fully saturated rings. The van der Waals surface area contributed by atoms with Crippen LogP contribution in [0.5, 0.6) is 0 Å². The van der Waals surface area contributed by atoms with Crippen molar-refractivity contribution in [3.05, 3.63) is 33.0 Å². The summed E-state index contributed by atoms with van der Waals surface area (Å²) < 4.78 is 7.50. The second-order valence-corrected chi connectivity index (χ2v) is 7.16. The molecule has 1 aromatic carbocycles. The van der Waals surface area contributed by atoms with Gasteiger partial charge < -0.3 is 4.74 Å². The molecule has 5 nitrogen and oxygen atoms in total. The Balaban J connectivity index is 2.11. The zero-order chi connectivity index (χ0) is 15.7. The number of carbonyl (C=O) groups is 1. The quantitative estimate of drug-likeness (QED) is 0.600. The summed E-state index contributed by atoms with van der Waals surface area (Å²) in [5, 5.41) is 0.898. The van der Waals surface area contributed by atoms with E-state index in [1.807, 2.05) is 19.1 Å². The largest absolute Gasteiger partial charge is 0.465 e. The van der Waals surface area contributed by atoms with Crippen LogP contribution in [0.4, 0.5) is 0 Å². The van der Waals surface area contributed by atoms with E-state index >= 15 is 0 Å². The lowest BCUT2D eigenvalue weighted by Crippen LogP contribution is -2.24. The first-order valence-electron chi connectivity index (χ1n) is 7.13. The lowest BCUT2D eigenvalue weighted by molar-refractivity contribution is -0.137. The van der Waals surface area contributed by atoms with E-state index in [9.17, 15) is 9.59 Å². The Kier molecular flexibility index (Phi) is 4.54. The van der Waals surface area contributed by atoms with Crippen molar-refractivity contribution in [2.75, 3.05) is 6.61 Å². The topological polar surface area (TPSA) is 61.2 Å². The lowest BCUT2D eigenvalue weighted by atomic mass is 10.2. The fourth-order valence-electron chi connectivity index (χ4n) is 2.40. The molecule has 1 aliphatic rings. The molecule has 7 heteroatoms. The lowest BCUT2D eigenvalue weighted by Gasteiger charge is -2.13. The number of benzene rings is 1. The van der Waals surface area contributed by atoms with Gasteiger partial charge in [-0.1, -0.05) is 34.6 Å². The van der Waals surface area contributed by atoms with Gasteiger partial charge in [-0.15, -0.1) is 0 Å². The van der Waals surface area contributed by atoms with Crippen LogP contribution >= 0.6 is 27.7 Å². The highest BCUT2D eigenvalue weighted by Crippen LogP contribution is 2.29. The Morgan fingerprint density at radius 2 is 2.27 bits per heavy atom. The number of carbonyl (C=O) groups excluding carboxylic acids is 1. The molecule has 0 saturated carbocycles. The zero-order valence-electron chi connectivity index (χ0n) is 12.0. The maximum atomic E-state index is 12.7. The van der Waals surface area contributed by atoms with E-state index < -0.39 is 0 Å². The van der Waals surface area contributed by atoms with Crippen molar-refractivity contribution in [3.63, 3.8) is 0 Å². The summed E-state index contributed by atoms with van der Waals surface area (Å²) in [5.74, 6) is -0.224. The molecule has 0 aliphatic carbocycles. The minimum absolute atomic E-state index is 0.0676. The van der Waals surface area contributed by atoms with Crippen molar-refractivity contribution >= 4 is 44.6 Å². The van der Waals surface area contributed by atoms with Gasteiger partial charge in [0, 0.05) is 17.4 Å². The van der Waals surface area contributed by atoms with E-state index in [-0.39, 0.29) is 16.8 Å². The van der Waals surface area contributed by atoms with Gasteiger partial charge in [0.05, 0.1) is 17.5 Å². The van der Waals surface area contributed by atoms with Crippen molar-refractivity contribution in [1.82, 2.24) is 9.55 Å². The molecule has 0 amide bonds. The van der Waals surface area contributed by atoms with Crippen LogP contribution in [0.2, 0.25) is 0 Å². The third-order valence-electron chi connectivity index (χ3n) is 3.46. The Bertz CT molecular complexity index is 790. The van der Waals surface area contributed by atoms with Crippen LogP contribution in [0.1, 0.15) is 19.8 Å². The molecule has 0 N–H and O–H groups in total. The number of cyclic esters (lactones) is 1. The molecule has 116 valence electrons. The van der Waals surface area contributed by atoms with Gasteiger partial charge in [-0.2, -0.15) is 0 Å². The molecule has 0 radical (unpaired) electrons. The van der Waals surface area contributed by atoms with E-state index in [0.29, 0.717) is 35.6 Å². The van der Waals surface area contributed by atoms with E-state index in [2.05, 4.69) is 20.9 Å². The fraction of sp³-hybridized carbons (Fsp3) is 0.400. The number of hydrogen-bond donors (Lipinski definition) is 0. The normalized spacial score (nSPS) is 17.9. The average Bonchev–Trinajstić information content (AvgIpc) is 2.89. The minimum Gasteiger partial charge on any atom is -0.465 e.